The molecule has 1 aromatic carbocycles. The van der Waals surface area contributed by atoms with Crippen molar-refractivity contribution in [2.24, 2.45) is 0 Å². The Morgan fingerprint density at radius 1 is 1.35 bits per heavy atom. The number of aromatic amines is 1. The van der Waals surface area contributed by atoms with Gasteiger partial charge in [-0.05, 0) is 11.6 Å². The molecule has 1 saturated heterocycles. The summed E-state index contributed by atoms with van der Waals surface area (Å²) in [6, 6.07) is 3.88. The average Bonchev–Trinajstić information content (AvgIpc) is 3.13. The summed E-state index contributed by atoms with van der Waals surface area (Å²) in [5.41, 5.74) is 0.187. The lowest BCUT2D eigenvalue weighted by atomic mass is 9.97. The zero-order chi connectivity index (χ0) is 16.6. The Balaban J connectivity index is 1.77. The van der Waals surface area contributed by atoms with Crippen LogP contribution in [-0.4, -0.2) is 27.3 Å². The summed E-state index contributed by atoms with van der Waals surface area (Å²) in [5.74, 6) is -4.40. The Morgan fingerprint density at radius 3 is 2.83 bits per heavy atom. The minimum Gasteiger partial charge on any atom is -0.346 e. The average molecular weight is 320 g/mol. The lowest BCUT2D eigenvalue weighted by Crippen LogP contribution is -2.25. The summed E-state index contributed by atoms with van der Waals surface area (Å²) >= 11 is 0. The Bertz CT molecular complexity index is 812. The van der Waals surface area contributed by atoms with Gasteiger partial charge in [0.1, 0.15) is 11.9 Å². The van der Waals surface area contributed by atoms with Crippen LogP contribution in [0.15, 0.2) is 18.3 Å². The van der Waals surface area contributed by atoms with Crippen molar-refractivity contribution < 1.29 is 18.0 Å². The van der Waals surface area contributed by atoms with Crippen molar-refractivity contribution in [3.05, 3.63) is 52.9 Å². The predicted molar refractivity (Wildman–Crippen MR) is 72.4 cm³/mol. The van der Waals surface area contributed by atoms with E-state index in [1.165, 1.54) is 11.1 Å². The van der Waals surface area contributed by atoms with Crippen LogP contribution in [-0.2, 0) is 11.3 Å². The fourth-order valence-electron chi connectivity index (χ4n) is 2.67. The molecule has 5 nitrogen and oxygen atoms in total. The Morgan fingerprint density at radius 2 is 2.13 bits per heavy atom. The van der Waals surface area contributed by atoms with Gasteiger partial charge in [0, 0.05) is 25.1 Å². The maximum atomic E-state index is 13.8. The zero-order valence-corrected chi connectivity index (χ0v) is 11.8. The Hall–Kier alpha value is -2.82. The van der Waals surface area contributed by atoms with Crippen LogP contribution in [0.1, 0.15) is 29.4 Å². The zero-order valence-electron chi connectivity index (χ0n) is 11.8. The number of benzene rings is 1. The number of halogens is 3. The topological polar surface area (TPSA) is 72.8 Å². The van der Waals surface area contributed by atoms with E-state index in [1.54, 1.807) is 0 Å². The number of carbonyl (C=O) groups is 1. The van der Waals surface area contributed by atoms with Crippen LogP contribution >= 0.6 is 0 Å². The summed E-state index contributed by atoms with van der Waals surface area (Å²) in [7, 11) is 0. The van der Waals surface area contributed by atoms with Crippen molar-refractivity contribution in [1.29, 1.82) is 5.26 Å². The second-order valence-corrected chi connectivity index (χ2v) is 5.28. The van der Waals surface area contributed by atoms with Gasteiger partial charge < -0.3 is 9.88 Å². The van der Waals surface area contributed by atoms with Gasteiger partial charge in [-0.1, -0.05) is 6.07 Å². The van der Waals surface area contributed by atoms with E-state index in [-0.39, 0.29) is 36.7 Å². The summed E-state index contributed by atoms with van der Waals surface area (Å²) in [5, 5.41) is 8.71. The first-order valence-electron chi connectivity index (χ1n) is 6.85. The van der Waals surface area contributed by atoms with Crippen molar-refractivity contribution in [2.75, 3.05) is 6.54 Å². The molecule has 1 aliphatic heterocycles. The number of carbonyl (C=O) groups excluding carboxylic acids is 1. The summed E-state index contributed by atoms with van der Waals surface area (Å²) in [6.45, 7) is 0.311. The fourth-order valence-corrected chi connectivity index (χ4v) is 2.67. The molecule has 0 bridgehead atoms. The SMILES string of the molecule is N#Cc1c[nH]c(CN2CC(c3ccc(F)c(F)c3F)CC2=O)n1. The maximum absolute atomic E-state index is 13.8. The van der Waals surface area contributed by atoms with Crippen LogP contribution in [0.25, 0.3) is 0 Å². The summed E-state index contributed by atoms with van der Waals surface area (Å²) in [6.07, 6.45) is 1.43. The van der Waals surface area contributed by atoms with E-state index in [1.807, 2.05) is 6.07 Å². The number of nitriles is 1. The molecule has 0 radical (unpaired) electrons. The molecule has 8 heteroatoms. The molecular formula is C15H11F3N4O. The van der Waals surface area contributed by atoms with Gasteiger partial charge in [0.15, 0.2) is 23.1 Å². The highest BCUT2D eigenvalue weighted by Crippen LogP contribution is 2.32. The number of likely N-dealkylation sites (tertiary alicyclic amines) is 1. The van der Waals surface area contributed by atoms with Crippen molar-refractivity contribution >= 4 is 5.91 Å². The number of hydrogen-bond acceptors (Lipinski definition) is 3. The van der Waals surface area contributed by atoms with Crippen LogP contribution in [0.3, 0.4) is 0 Å². The molecule has 1 unspecified atom stereocenters. The van der Waals surface area contributed by atoms with E-state index < -0.39 is 23.4 Å². The normalized spacial score (nSPS) is 17.6. The van der Waals surface area contributed by atoms with Gasteiger partial charge in [0.05, 0.1) is 6.54 Å². The molecule has 23 heavy (non-hydrogen) atoms. The summed E-state index contributed by atoms with van der Waals surface area (Å²) < 4.78 is 40.2. The number of rotatable bonds is 3. The molecule has 1 N–H and O–H groups in total. The number of hydrogen-bond donors (Lipinski definition) is 1. The van der Waals surface area contributed by atoms with Crippen molar-refractivity contribution in [2.45, 2.75) is 18.9 Å². The molecule has 2 aromatic rings. The van der Waals surface area contributed by atoms with Crippen molar-refractivity contribution in [3.63, 3.8) is 0 Å². The Kier molecular flexibility index (Phi) is 3.78. The molecule has 2 heterocycles. The molecule has 1 aliphatic rings. The monoisotopic (exact) mass is 320 g/mol. The molecule has 118 valence electrons. The third kappa shape index (κ3) is 2.77. The molecule has 0 saturated carbocycles. The molecule has 0 aliphatic carbocycles. The van der Waals surface area contributed by atoms with E-state index in [9.17, 15) is 18.0 Å². The first kappa shape index (κ1) is 15.1. The smallest absolute Gasteiger partial charge is 0.223 e. The lowest BCUT2D eigenvalue weighted by molar-refractivity contribution is -0.128. The number of amides is 1. The first-order chi connectivity index (χ1) is 11.0. The van der Waals surface area contributed by atoms with E-state index in [0.29, 0.717) is 5.82 Å². The van der Waals surface area contributed by atoms with Gasteiger partial charge in [-0.25, -0.2) is 18.2 Å². The molecule has 1 fully saturated rings. The predicted octanol–water partition coefficient (Wildman–Crippen LogP) is 2.21. The molecule has 1 amide bonds. The highest BCUT2D eigenvalue weighted by molar-refractivity contribution is 5.79. The minimum atomic E-state index is -1.53. The molecule has 0 spiro atoms. The van der Waals surface area contributed by atoms with Crippen LogP contribution in [0, 0.1) is 28.8 Å². The molecule has 1 aromatic heterocycles. The number of nitrogens with one attached hydrogen (secondary N) is 1. The lowest BCUT2D eigenvalue weighted by Gasteiger charge is -2.15. The van der Waals surface area contributed by atoms with E-state index in [4.69, 9.17) is 5.26 Å². The van der Waals surface area contributed by atoms with Gasteiger partial charge in [0.2, 0.25) is 5.91 Å². The second-order valence-electron chi connectivity index (χ2n) is 5.28. The minimum absolute atomic E-state index is 0.00775. The second kappa shape index (κ2) is 5.76. The largest absolute Gasteiger partial charge is 0.346 e. The van der Waals surface area contributed by atoms with Crippen LogP contribution < -0.4 is 0 Å². The fraction of sp³-hybridized carbons (Fsp3) is 0.267. The molecular weight excluding hydrogens is 309 g/mol. The Labute approximate surface area is 129 Å². The van der Waals surface area contributed by atoms with E-state index in [2.05, 4.69) is 9.97 Å². The number of aromatic nitrogens is 2. The van der Waals surface area contributed by atoms with Crippen LogP contribution in [0.5, 0.6) is 0 Å². The number of imidazole rings is 1. The first-order valence-corrected chi connectivity index (χ1v) is 6.85. The molecule has 1 atom stereocenters. The number of H-pyrrole nitrogens is 1. The van der Waals surface area contributed by atoms with Crippen molar-refractivity contribution in [1.82, 2.24) is 14.9 Å². The molecule has 3 rings (SSSR count). The van der Waals surface area contributed by atoms with E-state index >= 15 is 0 Å². The standard InChI is InChI=1S/C15H11F3N4O/c16-11-2-1-10(14(17)15(11)18)8-3-13(23)22(6-8)7-12-20-5-9(4-19)21-12/h1-2,5,8H,3,6-7H2,(H,20,21). The third-order valence-corrected chi connectivity index (χ3v) is 3.81. The maximum Gasteiger partial charge on any atom is 0.223 e. The van der Waals surface area contributed by atoms with E-state index in [0.717, 1.165) is 12.1 Å². The van der Waals surface area contributed by atoms with Gasteiger partial charge in [-0.15, -0.1) is 0 Å². The highest BCUT2D eigenvalue weighted by atomic mass is 19.2. The summed E-state index contributed by atoms with van der Waals surface area (Å²) in [4.78, 5) is 20.2. The van der Waals surface area contributed by atoms with Gasteiger partial charge >= 0.3 is 0 Å². The van der Waals surface area contributed by atoms with Gasteiger partial charge in [-0.2, -0.15) is 5.26 Å². The quantitative estimate of drug-likeness (QED) is 0.881. The van der Waals surface area contributed by atoms with Gasteiger partial charge in [-0.3, -0.25) is 4.79 Å². The number of nitrogens with zero attached hydrogens (tertiary/aromatic N) is 3. The van der Waals surface area contributed by atoms with Crippen LogP contribution in [0.4, 0.5) is 13.2 Å². The van der Waals surface area contributed by atoms with Crippen molar-refractivity contribution in [3.8, 4) is 6.07 Å². The third-order valence-electron chi connectivity index (χ3n) is 3.81. The highest BCUT2D eigenvalue weighted by Gasteiger charge is 2.33. The van der Waals surface area contributed by atoms with Gasteiger partial charge in [0.25, 0.3) is 0 Å². The van der Waals surface area contributed by atoms with Crippen LogP contribution in [0.2, 0.25) is 0 Å².